The number of carbonyl (C=O) groups is 2. The Kier molecular flexibility index (Phi) is 4.95. The van der Waals surface area contributed by atoms with Crippen LogP contribution in [0.4, 0.5) is 9.18 Å². The molecule has 3 aromatic rings. The van der Waals surface area contributed by atoms with Gasteiger partial charge < -0.3 is 9.47 Å². The molecule has 0 radical (unpaired) electrons. The van der Waals surface area contributed by atoms with E-state index in [1.165, 1.54) is 13.2 Å². The van der Waals surface area contributed by atoms with Gasteiger partial charge in [-0.25, -0.2) is 14.2 Å². The highest BCUT2D eigenvalue weighted by atomic mass is 19.1. The van der Waals surface area contributed by atoms with E-state index in [0.717, 1.165) is 10.9 Å². The van der Waals surface area contributed by atoms with Gasteiger partial charge in [0, 0.05) is 22.1 Å². The Morgan fingerprint density at radius 3 is 2.60 bits per heavy atom. The molecule has 0 bridgehead atoms. The van der Waals surface area contributed by atoms with Gasteiger partial charge in [-0.2, -0.15) is 0 Å². The first-order valence-corrected chi connectivity index (χ1v) is 9.40. The van der Waals surface area contributed by atoms with E-state index in [9.17, 15) is 14.0 Å². The minimum Gasteiger partial charge on any atom is -0.481 e. The highest BCUT2D eigenvalue weighted by molar-refractivity contribution is 6.12. The number of nitrogens with one attached hydrogen (secondary N) is 1. The molecular weight excluding hydrogens is 387 g/mol. The van der Waals surface area contributed by atoms with Crippen molar-refractivity contribution in [2.75, 3.05) is 7.11 Å². The van der Waals surface area contributed by atoms with E-state index in [2.05, 4.69) is 10.3 Å². The highest BCUT2D eigenvalue weighted by Crippen LogP contribution is 2.36. The van der Waals surface area contributed by atoms with E-state index < -0.39 is 12.0 Å². The van der Waals surface area contributed by atoms with Crippen LogP contribution in [0, 0.1) is 11.7 Å². The van der Waals surface area contributed by atoms with Crippen molar-refractivity contribution in [1.82, 2.24) is 10.3 Å². The highest BCUT2D eigenvalue weighted by Gasteiger charge is 2.32. The number of fused-ring (bicyclic) bond motifs is 1. The van der Waals surface area contributed by atoms with Crippen LogP contribution < -0.4 is 10.1 Å². The molecule has 0 unspecified atom stereocenters. The predicted octanol–water partition coefficient (Wildman–Crippen LogP) is 4.68. The number of ether oxygens (including phenoxy) is 2. The van der Waals surface area contributed by atoms with Gasteiger partial charge in [-0.1, -0.05) is 38.1 Å². The van der Waals surface area contributed by atoms with E-state index in [4.69, 9.17) is 9.47 Å². The Bertz CT molecular complexity index is 1220. The summed E-state index contributed by atoms with van der Waals surface area (Å²) in [5, 5.41) is 3.41. The maximum atomic E-state index is 14.2. The Labute approximate surface area is 172 Å². The summed E-state index contributed by atoms with van der Waals surface area (Å²) in [5.74, 6) is -0.838. The zero-order valence-corrected chi connectivity index (χ0v) is 16.7. The molecule has 1 saturated heterocycles. The largest absolute Gasteiger partial charge is 0.481 e. The summed E-state index contributed by atoms with van der Waals surface area (Å²) in [5.41, 5.74) is 2.37. The lowest BCUT2D eigenvalue weighted by Crippen LogP contribution is -2.19. The molecule has 1 fully saturated rings. The van der Waals surface area contributed by atoms with E-state index in [1.54, 1.807) is 24.3 Å². The van der Waals surface area contributed by atoms with Crippen molar-refractivity contribution in [2.45, 2.75) is 13.8 Å². The summed E-state index contributed by atoms with van der Waals surface area (Å²) in [6, 6.07) is 13.9. The van der Waals surface area contributed by atoms with Crippen LogP contribution in [0.15, 0.2) is 54.3 Å². The number of nitrogens with zero attached hydrogens (tertiary/aromatic N) is 1. The first-order valence-electron chi connectivity index (χ1n) is 9.40. The number of hydrogen-bond donors (Lipinski definition) is 1. The molecule has 0 saturated carbocycles. The minimum absolute atomic E-state index is 0.0596. The van der Waals surface area contributed by atoms with Gasteiger partial charge in [0.1, 0.15) is 5.82 Å². The van der Waals surface area contributed by atoms with Crippen molar-refractivity contribution in [1.29, 1.82) is 0 Å². The molecule has 4 rings (SSSR count). The number of benzene rings is 2. The number of alkyl carbamates (subject to hydrolysis) is 1. The third-order valence-electron chi connectivity index (χ3n) is 4.91. The van der Waals surface area contributed by atoms with Crippen LogP contribution in [0.3, 0.4) is 0 Å². The van der Waals surface area contributed by atoms with Crippen molar-refractivity contribution >= 4 is 28.3 Å². The van der Waals surface area contributed by atoms with E-state index in [0.29, 0.717) is 22.2 Å². The smallest absolute Gasteiger partial charge is 0.419 e. The summed E-state index contributed by atoms with van der Waals surface area (Å²) in [4.78, 5) is 28.2. The van der Waals surface area contributed by atoms with Crippen LogP contribution in [-0.4, -0.2) is 24.1 Å². The summed E-state index contributed by atoms with van der Waals surface area (Å²) < 4.78 is 24.8. The lowest BCUT2D eigenvalue weighted by molar-refractivity contribution is -0.116. The average molecular weight is 406 g/mol. The second-order valence-corrected chi connectivity index (χ2v) is 7.17. The zero-order chi connectivity index (χ0) is 21.4. The average Bonchev–Trinajstić information content (AvgIpc) is 3.05. The summed E-state index contributed by atoms with van der Waals surface area (Å²) in [7, 11) is 1.47. The molecule has 0 aliphatic carbocycles. The Morgan fingerprint density at radius 2 is 1.93 bits per heavy atom. The van der Waals surface area contributed by atoms with Gasteiger partial charge in [0.25, 0.3) is 5.91 Å². The van der Waals surface area contributed by atoms with Gasteiger partial charge >= 0.3 is 6.09 Å². The standard InChI is InChI=1S/C23H19FN2O4/c1-12(2)19(20-21(27)26-23(28)30-20)15-9-10-18(25-22(15)29-3)14-8-7-13-5-4-6-17(24)16(13)11-14/h4-12H,1-3H3,(H,26,27,28). The SMILES string of the molecule is COc1nc(-c2ccc3cccc(F)c3c2)ccc1C(=C1OC(=O)NC1=O)C(C)C. The molecule has 2 heterocycles. The first kappa shape index (κ1) is 19.6. The van der Waals surface area contributed by atoms with Crippen molar-refractivity contribution in [3.63, 3.8) is 0 Å². The fourth-order valence-corrected chi connectivity index (χ4v) is 3.54. The molecular formula is C23H19FN2O4. The second kappa shape index (κ2) is 7.59. The monoisotopic (exact) mass is 406 g/mol. The number of carbonyl (C=O) groups excluding carboxylic acids is 2. The number of methoxy groups -OCH3 is 1. The third kappa shape index (κ3) is 3.39. The van der Waals surface area contributed by atoms with Gasteiger partial charge in [-0.15, -0.1) is 0 Å². The van der Waals surface area contributed by atoms with Crippen molar-refractivity contribution in [2.24, 2.45) is 5.92 Å². The van der Waals surface area contributed by atoms with Crippen molar-refractivity contribution < 1.29 is 23.5 Å². The summed E-state index contributed by atoms with van der Waals surface area (Å²) >= 11 is 0. The Hall–Kier alpha value is -3.74. The van der Waals surface area contributed by atoms with Crippen LogP contribution in [0.1, 0.15) is 19.4 Å². The van der Waals surface area contributed by atoms with Gasteiger partial charge in [0.15, 0.2) is 0 Å². The maximum Gasteiger partial charge on any atom is 0.419 e. The van der Waals surface area contributed by atoms with E-state index >= 15 is 0 Å². The molecule has 6 nitrogen and oxygen atoms in total. The lowest BCUT2D eigenvalue weighted by Gasteiger charge is -2.16. The summed E-state index contributed by atoms with van der Waals surface area (Å²) in [6.07, 6.45) is -0.810. The van der Waals surface area contributed by atoms with Crippen LogP contribution in [0.25, 0.3) is 27.6 Å². The topological polar surface area (TPSA) is 77.5 Å². The molecule has 0 spiro atoms. The van der Waals surface area contributed by atoms with Crippen molar-refractivity contribution in [3.05, 3.63) is 65.7 Å². The molecule has 0 atom stereocenters. The predicted molar refractivity (Wildman–Crippen MR) is 110 cm³/mol. The number of rotatable bonds is 4. The van der Waals surface area contributed by atoms with Crippen LogP contribution in [-0.2, 0) is 9.53 Å². The zero-order valence-electron chi connectivity index (χ0n) is 16.7. The molecule has 1 N–H and O–H groups in total. The number of halogens is 1. The van der Waals surface area contributed by atoms with Crippen LogP contribution in [0.5, 0.6) is 5.88 Å². The molecule has 2 amide bonds. The fraction of sp³-hybridized carbons (Fsp3) is 0.174. The third-order valence-corrected chi connectivity index (χ3v) is 4.91. The summed E-state index contributed by atoms with van der Waals surface area (Å²) in [6.45, 7) is 3.75. The second-order valence-electron chi connectivity index (χ2n) is 7.17. The molecule has 1 aliphatic rings. The van der Waals surface area contributed by atoms with Gasteiger partial charge in [0.05, 0.1) is 12.8 Å². The van der Waals surface area contributed by atoms with Gasteiger partial charge in [0.2, 0.25) is 11.6 Å². The normalized spacial score (nSPS) is 15.4. The van der Waals surface area contributed by atoms with Crippen molar-refractivity contribution in [3.8, 4) is 17.1 Å². The number of hydrogen-bond acceptors (Lipinski definition) is 5. The van der Waals surface area contributed by atoms with E-state index in [-0.39, 0.29) is 23.4 Å². The van der Waals surface area contributed by atoms with E-state index in [1.807, 2.05) is 32.0 Å². The lowest BCUT2D eigenvalue weighted by atomic mass is 9.93. The number of amides is 2. The quantitative estimate of drug-likeness (QED) is 0.637. The molecule has 1 aromatic heterocycles. The van der Waals surface area contributed by atoms with Crippen LogP contribution in [0.2, 0.25) is 0 Å². The Balaban J connectivity index is 1.84. The number of allylic oxidation sites excluding steroid dienone is 1. The van der Waals surface area contributed by atoms with Gasteiger partial charge in [-0.05, 0) is 35.6 Å². The number of pyridine rings is 1. The fourth-order valence-electron chi connectivity index (χ4n) is 3.54. The number of aromatic nitrogens is 1. The number of cyclic esters (lactones) is 1. The first-order chi connectivity index (χ1) is 14.4. The molecule has 152 valence electrons. The molecule has 1 aliphatic heterocycles. The number of imide groups is 1. The van der Waals surface area contributed by atoms with Gasteiger partial charge in [-0.3, -0.25) is 10.1 Å². The van der Waals surface area contributed by atoms with Crippen LogP contribution >= 0.6 is 0 Å². The molecule has 7 heteroatoms. The minimum atomic E-state index is -0.810. The Morgan fingerprint density at radius 1 is 1.13 bits per heavy atom. The molecule has 2 aromatic carbocycles. The maximum absolute atomic E-state index is 14.2. The molecule has 30 heavy (non-hydrogen) atoms.